The van der Waals surface area contributed by atoms with Crippen molar-refractivity contribution in [1.82, 2.24) is 0 Å². The van der Waals surface area contributed by atoms with Crippen LogP contribution in [0.4, 0.5) is 0 Å². The van der Waals surface area contributed by atoms with Crippen LogP contribution in [0.1, 0.15) is 13.3 Å². The van der Waals surface area contributed by atoms with Crippen LogP contribution in [0.3, 0.4) is 0 Å². The Morgan fingerprint density at radius 3 is 2.71 bits per heavy atom. The second-order valence-corrected chi connectivity index (χ2v) is 3.17. The van der Waals surface area contributed by atoms with Gasteiger partial charge < -0.3 is 18.9 Å². The number of hydrogen-bond donors (Lipinski definition) is 0. The molecule has 1 fully saturated rings. The van der Waals surface area contributed by atoms with E-state index in [9.17, 15) is 4.79 Å². The van der Waals surface area contributed by atoms with Crippen molar-refractivity contribution in [2.24, 2.45) is 0 Å². The van der Waals surface area contributed by atoms with Gasteiger partial charge in [-0.05, 0) is 6.92 Å². The van der Waals surface area contributed by atoms with E-state index in [4.69, 9.17) is 18.9 Å². The highest BCUT2D eigenvalue weighted by Gasteiger charge is 2.35. The number of rotatable bonds is 4. The molecule has 0 amide bonds. The zero-order valence-electron chi connectivity index (χ0n) is 8.69. The zero-order chi connectivity index (χ0) is 10.6. The highest BCUT2D eigenvalue weighted by molar-refractivity contribution is 5.84. The number of ketones is 1. The molecule has 5 heteroatoms. The molecule has 14 heavy (non-hydrogen) atoms. The maximum atomic E-state index is 11.5. The Labute approximate surface area is 83.3 Å². The Hall–Kier alpha value is -0.490. The van der Waals surface area contributed by atoms with Crippen molar-refractivity contribution in [2.45, 2.75) is 31.8 Å². The number of carbonyl (C=O) groups is 1. The molecular weight excluding hydrogens is 188 g/mol. The van der Waals surface area contributed by atoms with Crippen molar-refractivity contribution in [1.29, 1.82) is 0 Å². The van der Waals surface area contributed by atoms with Gasteiger partial charge in [0, 0.05) is 14.2 Å². The van der Waals surface area contributed by atoms with Gasteiger partial charge in [-0.3, -0.25) is 4.79 Å². The minimum absolute atomic E-state index is 0.00681. The Morgan fingerprint density at radius 2 is 2.21 bits per heavy atom. The molecule has 0 bridgehead atoms. The van der Waals surface area contributed by atoms with E-state index >= 15 is 0 Å². The third-order valence-electron chi connectivity index (χ3n) is 2.11. The topological polar surface area (TPSA) is 54.0 Å². The molecule has 3 atom stereocenters. The van der Waals surface area contributed by atoms with Crippen molar-refractivity contribution in [3.8, 4) is 0 Å². The number of Topliss-reactive ketones (excluding diaryl/α,β-unsaturated/α-hetero) is 1. The summed E-state index contributed by atoms with van der Waals surface area (Å²) in [7, 11) is 3.03. The van der Waals surface area contributed by atoms with Crippen molar-refractivity contribution in [2.75, 3.05) is 21.0 Å². The minimum atomic E-state index is -0.540. The van der Waals surface area contributed by atoms with Crippen molar-refractivity contribution >= 4 is 5.78 Å². The number of carbonyl (C=O) groups excluding carboxylic acids is 1. The number of hydrogen-bond acceptors (Lipinski definition) is 5. The van der Waals surface area contributed by atoms with Gasteiger partial charge in [-0.15, -0.1) is 0 Å². The number of ether oxygens (including phenoxy) is 4. The fourth-order valence-corrected chi connectivity index (χ4v) is 1.41. The van der Waals surface area contributed by atoms with E-state index in [0.29, 0.717) is 0 Å². The van der Waals surface area contributed by atoms with E-state index in [1.54, 1.807) is 6.92 Å². The SMILES string of the molecule is COCO[C@@H]1C(=O)C[C@H](OC)O[C@H]1C. The lowest BCUT2D eigenvalue weighted by molar-refractivity contribution is -0.220. The van der Waals surface area contributed by atoms with Gasteiger partial charge in [0.2, 0.25) is 0 Å². The summed E-state index contributed by atoms with van der Waals surface area (Å²) in [5.41, 5.74) is 0. The summed E-state index contributed by atoms with van der Waals surface area (Å²) in [4.78, 5) is 11.5. The average Bonchev–Trinajstić information content (AvgIpc) is 2.16. The second kappa shape index (κ2) is 5.41. The molecule has 1 rings (SSSR count). The van der Waals surface area contributed by atoms with Crippen LogP contribution in [0, 0.1) is 0 Å². The Kier molecular flexibility index (Phi) is 4.47. The molecule has 5 nitrogen and oxygen atoms in total. The van der Waals surface area contributed by atoms with Crippen LogP contribution < -0.4 is 0 Å². The maximum Gasteiger partial charge on any atom is 0.169 e. The highest BCUT2D eigenvalue weighted by atomic mass is 16.7. The normalized spacial score (nSPS) is 33.4. The predicted octanol–water partition coefficient (Wildman–Crippen LogP) is 0.326. The van der Waals surface area contributed by atoms with E-state index in [2.05, 4.69) is 0 Å². The monoisotopic (exact) mass is 204 g/mol. The fraction of sp³-hybridized carbons (Fsp3) is 0.889. The van der Waals surface area contributed by atoms with Crippen LogP contribution in [0.5, 0.6) is 0 Å². The van der Waals surface area contributed by atoms with Gasteiger partial charge in [-0.2, -0.15) is 0 Å². The van der Waals surface area contributed by atoms with Gasteiger partial charge in [0.05, 0.1) is 12.5 Å². The molecule has 0 N–H and O–H groups in total. The molecule has 1 aliphatic rings. The van der Waals surface area contributed by atoms with Crippen LogP contribution >= 0.6 is 0 Å². The maximum absolute atomic E-state index is 11.5. The number of methoxy groups -OCH3 is 2. The molecule has 0 aromatic carbocycles. The summed E-state index contributed by atoms with van der Waals surface area (Å²) in [5.74, 6) is -0.00681. The first-order valence-corrected chi connectivity index (χ1v) is 4.50. The van der Waals surface area contributed by atoms with E-state index in [1.807, 2.05) is 0 Å². The highest BCUT2D eigenvalue weighted by Crippen LogP contribution is 2.19. The van der Waals surface area contributed by atoms with Gasteiger partial charge in [-0.1, -0.05) is 0 Å². The van der Waals surface area contributed by atoms with E-state index in [0.717, 1.165) is 0 Å². The summed E-state index contributed by atoms with van der Waals surface area (Å²) in [6.45, 7) is 1.88. The lowest BCUT2D eigenvalue weighted by Crippen LogP contribution is -2.46. The van der Waals surface area contributed by atoms with Gasteiger partial charge in [0.25, 0.3) is 0 Å². The van der Waals surface area contributed by atoms with Crippen LogP contribution in [-0.4, -0.2) is 45.3 Å². The Balaban J connectivity index is 2.47. The molecule has 1 aliphatic heterocycles. The van der Waals surface area contributed by atoms with E-state index < -0.39 is 12.4 Å². The molecule has 82 valence electrons. The first-order chi connectivity index (χ1) is 6.69. The molecule has 0 radical (unpaired) electrons. The van der Waals surface area contributed by atoms with Crippen molar-refractivity contribution in [3.05, 3.63) is 0 Å². The summed E-state index contributed by atoms with van der Waals surface area (Å²) in [5, 5.41) is 0. The molecular formula is C9H16O5. The smallest absolute Gasteiger partial charge is 0.169 e. The molecule has 0 unspecified atom stereocenters. The minimum Gasteiger partial charge on any atom is -0.359 e. The quantitative estimate of drug-likeness (QED) is 0.617. The molecule has 0 spiro atoms. The van der Waals surface area contributed by atoms with E-state index in [-0.39, 0.29) is 25.1 Å². The zero-order valence-corrected chi connectivity index (χ0v) is 8.69. The van der Waals surface area contributed by atoms with Crippen molar-refractivity contribution in [3.63, 3.8) is 0 Å². The lowest BCUT2D eigenvalue weighted by atomic mass is 10.0. The average molecular weight is 204 g/mol. The first kappa shape index (κ1) is 11.6. The van der Waals surface area contributed by atoms with Crippen molar-refractivity contribution < 1.29 is 23.7 Å². The van der Waals surface area contributed by atoms with Crippen LogP contribution in [0.15, 0.2) is 0 Å². The second-order valence-electron chi connectivity index (χ2n) is 3.17. The van der Waals surface area contributed by atoms with Gasteiger partial charge in [0.1, 0.15) is 12.9 Å². The lowest BCUT2D eigenvalue weighted by Gasteiger charge is -2.32. The summed E-state index contributed by atoms with van der Waals surface area (Å²) in [6.07, 6.45) is -1.05. The fourth-order valence-electron chi connectivity index (χ4n) is 1.41. The third-order valence-corrected chi connectivity index (χ3v) is 2.11. The molecule has 0 saturated carbocycles. The third kappa shape index (κ3) is 2.75. The predicted molar refractivity (Wildman–Crippen MR) is 47.7 cm³/mol. The largest absolute Gasteiger partial charge is 0.359 e. The molecule has 0 aromatic rings. The van der Waals surface area contributed by atoms with Gasteiger partial charge >= 0.3 is 0 Å². The summed E-state index contributed by atoms with van der Waals surface area (Å²) < 4.78 is 20.3. The Bertz CT molecular complexity index is 194. The first-order valence-electron chi connectivity index (χ1n) is 4.50. The van der Waals surface area contributed by atoms with Gasteiger partial charge in [-0.25, -0.2) is 0 Å². The standard InChI is InChI=1S/C9H16O5/c1-6-9(13-5-11-2)7(10)4-8(12-3)14-6/h6,8-9H,4-5H2,1-3H3/t6-,8+,9-/m0/s1. The summed E-state index contributed by atoms with van der Waals surface area (Å²) >= 11 is 0. The molecule has 1 heterocycles. The van der Waals surface area contributed by atoms with Crippen LogP contribution in [0.25, 0.3) is 0 Å². The van der Waals surface area contributed by atoms with E-state index in [1.165, 1.54) is 14.2 Å². The summed E-state index contributed by atoms with van der Waals surface area (Å²) in [6, 6.07) is 0. The molecule has 1 saturated heterocycles. The van der Waals surface area contributed by atoms with Crippen LogP contribution in [0.2, 0.25) is 0 Å². The van der Waals surface area contributed by atoms with Crippen LogP contribution in [-0.2, 0) is 23.7 Å². The Morgan fingerprint density at radius 1 is 1.50 bits per heavy atom. The molecule has 0 aliphatic carbocycles. The van der Waals surface area contributed by atoms with Gasteiger partial charge in [0.15, 0.2) is 12.1 Å². The molecule has 0 aromatic heterocycles.